The van der Waals surface area contributed by atoms with E-state index in [0.29, 0.717) is 0 Å². The number of nitrogens with zero attached hydrogens (tertiary/aromatic N) is 3. The van der Waals surface area contributed by atoms with E-state index in [9.17, 15) is 0 Å². The highest BCUT2D eigenvalue weighted by molar-refractivity contribution is 7.80. The van der Waals surface area contributed by atoms with Crippen LogP contribution in [0.25, 0.3) is 5.69 Å². The number of thiocarbonyl (C=S) groups is 1. The topological polar surface area (TPSA) is 45.1 Å². The van der Waals surface area contributed by atoms with Crippen molar-refractivity contribution in [1.82, 2.24) is 19.8 Å². The second-order valence-electron chi connectivity index (χ2n) is 9.65. The first-order valence-electron chi connectivity index (χ1n) is 13.1. The van der Waals surface area contributed by atoms with Crippen molar-refractivity contribution >= 4 is 23.0 Å². The molecule has 3 heterocycles. The Hall–Kier alpha value is -3.64. The quantitative estimate of drug-likeness (QED) is 0.198. The molecule has 0 bridgehead atoms. The highest BCUT2D eigenvalue weighted by atomic mass is 32.1. The zero-order valence-corrected chi connectivity index (χ0v) is 22.6. The van der Waals surface area contributed by atoms with E-state index in [0.717, 1.165) is 42.4 Å². The maximum atomic E-state index is 5.90. The van der Waals surface area contributed by atoms with Gasteiger partial charge in [0.25, 0.3) is 0 Å². The molecule has 0 amide bonds. The van der Waals surface area contributed by atoms with Crippen molar-refractivity contribution in [1.29, 1.82) is 0 Å². The van der Waals surface area contributed by atoms with E-state index in [1.54, 1.807) is 0 Å². The molecular weight excluding hydrogens is 474 g/mol. The molecule has 1 saturated heterocycles. The Balaban J connectivity index is 1.45. The molecule has 1 aliphatic rings. The van der Waals surface area contributed by atoms with Crippen LogP contribution < -0.4 is 10.6 Å². The Labute approximate surface area is 225 Å². The summed E-state index contributed by atoms with van der Waals surface area (Å²) in [6, 6.07) is 27.7. The molecule has 0 radical (unpaired) electrons. The average Bonchev–Trinajstić information content (AvgIpc) is 3.42. The van der Waals surface area contributed by atoms with Crippen LogP contribution in [0.1, 0.15) is 53.6 Å². The standard InChI is InChI=1S/C31H35N5S/c1-4-24-14-16-26(17-15-24)36-22(2)21-27(23(36)3)30-29(28-13-8-9-18-33-28)34-31(37)35(30)20-10-19-32-25-11-6-5-7-12-25/h5-9,11-18,21,29-30,32H,4,10,19-20H2,1-3H3,(H,34,37). The summed E-state index contributed by atoms with van der Waals surface area (Å²) in [4.78, 5) is 7.06. The van der Waals surface area contributed by atoms with Gasteiger partial charge in [-0.1, -0.05) is 43.3 Å². The maximum Gasteiger partial charge on any atom is 0.170 e. The summed E-state index contributed by atoms with van der Waals surface area (Å²) in [6.45, 7) is 8.34. The number of pyridine rings is 1. The molecule has 1 aliphatic heterocycles. The van der Waals surface area contributed by atoms with E-state index in [-0.39, 0.29) is 12.1 Å². The number of para-hydroxylation sites is 1. The lowest BCUT2D eigenvalue weighted by Gasteiger charge is -2.28. The van der Waals surface area contributed by atoms with Gasteiger partial charge in [-0.15, -0.1) is 0 Å². The number of aryl methyl sites for hydroxylation is 2. The van der Waals surface area contributed by atoms with Crippen LogP contribution in [0.2, 0.25) is 0 Å². The molecule has 5 nitrogen and oxygen atoms in total. The molecule has 4 aromatic rings. The zero-order valence-electron chi connectivity index (χ0n) is 21.8. The Morgan fingerprint density at radius 2 is 1.73 bits per heavy atom. The molecule has 37 heavy (non-hydrogen) atoms. The van der Waals surface area contributed by atoms with Crippen molar-refractivity contribution < 1.29 is 0 Å². The third kappa shape index (κ3) is 5.25. The fourth-order valence-electron chi connectivity index (χ4n) is 5.39. The summed E-state index contributed by atoms with van der Waals surface area (Å²) >= 11 is 5.90. The summed E-state index contributed by atoms with van der Waals surface area (Å²) < 4.78 is 2.36. The molecule has 2 unspecified atom stereocenters. The van der Waals surface area contributed by atoms with Gasteiger partial charge in [-0.3, -0.25) is 4.98 Å². The lowest BCUT2D eigenvalue weighted by atomic mass is 9.96. The van der Waals surface area contributed by atoms with Crippen LogP contribution in [0.3, 0.4) is 0 Å². The Kier molecular flexibility index (Phi) is 7.56. The van der Waals surface area contributed by atoms with Crippen molar-refractivity contribution in [3.05, 3.63) is 113 Å². The molecule has 2 aromatic heterocycles. The van der Waals surface area contributed by atoms with Gasteiger partial charge in [0.15, 0.2) is 5.11 Å². The average molecular weight is 510 g/mol. The Morgan fingerprint density at radius 1 is 0.973 bits per heavy atom. The molecule has 0 saturated carbocycles. The van der Waals surface area contributed by atoms with Gasteiger partial charge in [-0.2, -0.15) is 0 Å². The van der Waals surface area contributed by atoms with Crippen LogP contribution in [0.15, 0.2) is 85.1 Å². The second kappa shape index (κ2) is 11.2. The predicted molar refractivity (Wildman–Crippen MR) is 156 cm³/mol. The minimum atomic E-state index is -0.00722. The highest BCUT2D eigenvalue weighted by Gasteiger charge is 2.41. The third-order valence-electron chi connectivity index (χ3n) is 7.27. The number of hydrogen-bond donors (Lipinski definition) is 2. The van der Waals surface area contributed by atoms with Crippen molar-refractivity contribution in [3.63, 3.8) is 0 Å². The summed E-state index contributed by atoms with van der Waals surface area (Å²) in [5, 5.41) is 7.92. The van der Waals surface area contributed by atoms with Crippen molar-refractivity contribution in [2.75, 3.05) is 18.4 Å². The molecular formula is C31H35N5S. The minimum absolute atomic E-state index is 0.00722. The van der Waals surface area contributed by atoms with Crippen LogP contribution in [-0.4, -0.2) is 32.7 Å². The predicted octanol–water partition coefficient (Wildman–Crippen LogP) is 6.53. The van der Waals surface area contributed by atoms with Crippen LogP contribution >= 0.6 is 12.2 Å². The molecule has 0 spiro atoms. The summed E-state index contributed by atoms with van der Waals surface area (Å²) in [6.07, 6.45) is 3.88. The van der Waals surface area contributed by atoms with Crippen LogP contribution in [-0.2, 0) is 6.42 Å². The van der Waals surface area contributed by atoms with Gasteiger partial charge in [0.05, 0.1) is 17.8 Å². The first kappa shape index (κ1) is 25.0. The van der Waals surface area contributed by atoms with Gasteiger partial charge >= 0.3 is 0 Å². The SMILES string of the molecule is CCc1ccc(-n2c(C)cc(C3C(c4ccccn4)NC(=S)N3CCCNc3ccccc3)c2C)cc1. The molecule has 1 fully saturated rings. The zero-order chi connectivity index (χ0) is 25.8. The first-order chi connectivity index (χ1) is 18.1. The smallest absolute Gasteiger partial charge is 0.170 e. The molecule has 5 rings (SSSR count). The van der Waals surface area contributed by atoms with E-state index in [1.165, 1.54) is 28.2 Å². The number of nitrogens with one attached hydrogen (secondary N) is 2. The first-order valence-corrected chi connectivity index (χ1v) is 13.5. The number of anilines is 1. The third-order valence-corrected chi connectivity index (χ3v) is 7.62. The van der Waals surface area contributed by atoms with Gasteiger partial charge in [0.1, 0.15) is 0 Å². The van der Waals surface area contributed by atoms with Gasteiger partial charge in [0.2, 0.25) is 0 Å². The number of benzene rings is 2. The Morgan fingerprint density at radius 3 is 2.43 bits per heavy atom. The van der Waals surface area contributed by atoms with E-state index >= 15 is 0 Å². The fourth-order valence-corrected chi connectivity index (χ4v) is 5.72. The normalized spacial score (nSPS) is 17.2. The van der Waals surface area contributed by atoms with E-state index < -0.39 is 0 Å². The molecule has 2 atom stereocenters. The summed E-state index contributed by atoms with van der Waals surface area (Å²) in [7, 11) is 0. The molecule has 2 aromatic carbocycles. The van der Waals surface area contributed by atoms with E-state index in [1.807, 2.05) is 18.3 Å². The molecule has 190 valence electrons. The lowest BCUT2D eigenvalue weighted by molar-refractivity contribution is 0.315. The number of hydrogen-bond acceptors (Lipinski definition) is 3. The monoisotopic (exact) mass is 509 g/mol. The van der Waals surface area contributed by atoms with E-state index in [4.69, 9.17) is 17.2 Å². The number of rotatable bonds is 9. The largest absolute Gasteiger partial charge is 0.385 e. The van der Waals surface area contributed by atoms with Gasteiger partial charge in [0, 0.05) is 42.0 Å². The van der Waals surface area contributed by atoms with Crippen LogP contribution in [0.4, 0.5) is 5.69 Å². The fraction of sp³-hybridized carbons (Fsp3) is 0.290. The molecule has 6 heteroatoms. The van der Waals surface area contributed by atoms with Crippen molar-refractivity contribution in [3.8, 4) is 5.69 Å². The lowest BCUT2D eigenvalue weighted by Crippen LogP contribution is -2.31. The van der Waals surface area contributed by atoms with E-state index in [2.05, 4.69) is 108 Å². The van der Waals surface area contributed by atoms with Gasteiger partial charge in [-0.25, -0.2) is 0 Å². The maximum absolute atomic E-state index is 5.90. The van der Waals surface area contributed by atoms with Crippen LogP contribution in [0.5, 0.6) is 0 Å². The minimum Gasteiger partial charge on any atom is -0.385 e. The van der Waals surface area contributed by atoms with Crippen LogP contribution in [0, 0.1) is 13.8 Å². The summed E-state index contributed by atoms with van der Waals surface area (Å²) in [5.74, 6) is 0. The highest BCUT2D eigenvalue weighted by Crippen LogP contribution is 2.41. The summed E-state index contributed by atoms with van der Waals surface area (Å²) in [5.41, 5.74) is 8.45. The number of aromatic nitrogens is 2. The van der Waals surface area contributed by atoms with Gasteiger partial charge < -0.3 is 20.1 Å². The second-order valence-corrected chi connectivity index (χ2v) is 10.0. The van der Waals surface area contributed by atoms with Crippen molar-refractivity contribution in [2.24, 2.45) is 0 Å². The van der Waals surface area contributed by atoms with Crippen molar-refractivity contribution in [2.45, 2.75) is 45.7 Å². The molecule has 2 N–H and O–H groups in total. The Bertz CT molecular complexity index is 1330. The molecule has 0 aliphatic carbocycles. The van der Waals surface area contributed by atoms with Gasteiger partial charge in [-0.05, 0) is 92.5 Å².